The fourth-order valence-electron chi connectivity index (χ4n) is 2.62. The quantitative estimate of drug-likeness (QED) is 0.758. The number of nitrogens with zero attached hydrogens (tertiary/aromatic N) is 1. The van der Waals surface area contributed by atoms with Gasteiger partial charge in [-0.2, -0.15) is 0 Å². The van der Waals surface area contributed by atoms with Crippen LogP contribution in [0, 0.1) is 0 Å². The van der Waals surface area contributed by atoms with Crippen molar-refractivity contribution < 1.29 is 4.79 Å². The van der Waals surface area contributed by atoms with E-state index in [-0.39, 0.29) is 11.9 Å². The SMILES string of the molecule is O=C(c1cccs1)N1CCCC1c1ccc(Cl)c(Cl)c1. The molecule has 0 radical (unpaired) electrons. The molecule has 1 aliphatic heterocycles. The Kier molecular flexibility index (Phi) is 4.01. The first kappa shape index (κ1) is 13.9. The summed E-state index contributed by atoms with van der Waals surface area (Å²) in [4.78, 5) is 15.2. The van der Waals surface area contributed by atoms with Crippen molar-refractivity contribution in [1.82, 2.24) is 4.90 Å². The van der Waals surface area contributed by atoms with Gasteiger partial charge in [-0.05, 0) is 42.0 Å². The van der Waals surface area contributed by atoms with E-state index in [1.54, 1.807) is 6.07 Å². The second-order valence-electron chi connectivity index (χ2n) is 4.81. The van der Waals surface area contributed by atoms with Gasteiger partial charge in [-0.25, -0.2) is 0 Å². The molecule has 2 heterocycles. The van der Waals surface area contributed by atoms with E-state index in [0.717, 1.165) is 29.8 Å². The Morgan fingerprint density at radius 2 is 2.10 bits per heavy atom. The number of carbonyl (C=O) groups excluding carboxylic acids is 1. The molecule has 1 aromatic heterocycles. The summed E-state index contributed by atoms with van der Waals surface area (Å²) >= 11 is 13.5. The van der Waals surface area contributed by atoms with Gasteiger partial charge >= 0.3 is 0 Å². The molecule has 0 bridgehead atoms. The molecule has 1 aliphatic rings. The van der Waals surface area contributed by atoms with Crippen LogP contribution < -0.4 is 0 Å². The lowest BCUT2D eigenvalue weighted by Crippen LogP contribution is -2.29. The fourth-order valence-corrected chi connectivity index (χ4v) is 3.60. The molecule has 2 nitrogen and oxygen atoms in total. The predicted molar refractivity (Wildman–Crippen MR) is 83.8 cm³/mol. The minimum absolute atomic E-state index is 0.0966. The first-order valence-electron chi connectivity index (χ1n) is 6.46. The summed E-state index contributed by atoms with van der Waals surface area (Å²) in [5.41, 5.74) is 1.06. The smallest absolute Gasteiger partial charge is 0.264 e. The minimum Gasteiger partial charge on any atom is -0.331 e. The summed E-state index contributed by atoms with van der Waals surface area (Å²) in [5, 5.41) is 3.02. The van der Waals surface area contributed by atoms with Gasteiger partial charge in [-0.1, -0.05) is 35.3 Å². The highest BCUT2D eigenvalue weighted by atomic mass is 35.5. The molecule has 0 N–H and O–H groups in total. The maximum atomic E-state index is 12.5. The van der Waals surface area contributed by atoms with Crippen molar-refractivity contribution in [3.63, 3.8) is 0 Å². The second kappa shape index (κ2) is 5.76. The molecule has 104 valence electrons. The summed E-state index contributed by atoms with van der Waals surface area (Å²) in [6, 6.07) is 9.50. The van der Waals surface area contributed by atoms with E-state index in [1.807, 2.05) is 34.5 Å². The van der Waals surface area contributed by atoms with Gasteiger partial charge in [-0.3, -0.25) is 4.79 Å². The Labute approximate surface area is 131 Å². The monoisotopic (exact) mass is 325 g/mol. The van der Waals surface area contributed by atoms with E-state index in [4.69, 9.17) is 23.2 Å². The lowest BCUT2D eigenvalue weighted by atomic mass is 10.0. The standard InChI is InChI=1S/C15H13Cl2NOS/c16-11-6-5-10(9-12(11)17)13-3-1-7-18(13)15(19)14-4-2-8-20-14/h2,4-6,8-9,13H,1,3,7H2. The van der Waals surface area contributed by atoms with Crippen molar-refractivity contribution >= 4 is 40.4 Å². The van der Waals surface area contributed by atoms with Crippen molar-refractivity contribution in [1.29, 1.82) is 0 Å². The van der Waals surface area contributed by atoms with Crippen molar-refractivity contribution in [2.75, 3.05) is 6.54 Å². The third-order valence-electron chi connectivity index (χ3n) is 3.57. The van der Waals surface area contributed by atoms with Gasteiger partial charge in [0.1, 0.15) is 0 Å². The van der Waals surface area contributed by atoms with E-state index in [1.165, 1.54) is 11.3 Å². The van der Waals surface area contributed by atoms with Crippen LogP contribution in [0.5, 0.6) is 0 Å². The zero-order valence-corrected chi connectivity index (χ0v) is 13.0. The summed E-state index contributed by atoms with van der Waals surface area (Å²) in [5.74, 6) is 0.105. The number of carbonyl (C=O) groups is 1. The lowest BCUT2D eigenvalue weighted by Gasteiger charge is -2.25. The molecule has 0 saturated carbocycles. The van der Waals surface area contributed by atoms with Crippen LogP contribution >= 0.6 is 34.5 Å². The third kappa shape index (κ3) is 2.58. The number of halogens is 2. The molecule has 1 amide bonds. The highest BCUT2D eigenvalue weighted by Gasteiger charge is 2.31. The van der Waals surface area contributed by atoms with Gasteiger partial charge in [0.15, 0.2) is 0 Å². The average molecular weight is 326 g/mol. The topological polar surface area (TPSA) is 20.3 Å². The lowest BCUT2D eigenvalue weighted by molar-refractivity contribution is 0.0740. The number of thiophene rings is 1. The summed E-state index contributed by atoms with van der Waals surface area (Å²) in [6.07, 6.45) is 1.98. The van der Waals surface area contributed by atoms with Gasteiger partial charge in [0.25, 0.3) is 5.91 Å². The number of amides is 1. The summed E-state index contributed by atoms with van der Waals surface area (Å²) in [6.45, 7) is 0.793. The van der Waals surface area contributed by atoms with Crippen LogP contribution in [0.1, 0.15) is 34.1 Å². The Morgan fingerprint density at radius 3 is 2.80 bits per heavy atom. The molecule has 1 atom stereocenters. The zero-order chi connectivity index (χ0) is 14.1. The van der Waals surface area contributed by atoms with Gasteiger partial charge in [0.2, 0.25) is 0 Å². The number of hydrogen-bond donors (Lipinski definition) is 0. The van der Waals surface area contributed by atoms with Gasteiger partial charge in [0.05, 0.1) is 21.0 Å². The maximum Gasteiger partial charge on any atom is 0.264 e. The van der Waals surface area contributed by atoms with E-state index in [0.29, 0.717) is 10.0 Å². The zero-order valence-electron chi connectivity index (χ0n) is 10.7. The van der Waals surface area contributed by atoms with Crippen LogP contribution in [0.25, 0.3) is 0 Å². The Morgan fingerprint density at radius 1 is 1.25 bits per heavy atom. The van der Waals surface area contributed by atoms with Crippen LogP contribution in [0.15, 0.2) is 35.7 Å². The fraction of sp³-hybridized carbons (Fsp3) is 0.267. The number of likely N-dealkylation sites (tertiary alicyclic amines) is 1. The predicted octanol–water partition coefficient (Wildman–Crippen LogP) is 5.03. The van der Waals surface area contributed by atoms with Crippen molar-refractivity contribution in [2.24, 2.45) is 0 Å². The van der Waals surface area contributed by atoms with Gasteiger partial charge < -0.3 is 4.90 Å². The van der Waals surface area contributed by atoms with E-state index >= 15 is 0 Å². The molecular weight excluding hydrogens is 313 g/mol. The second-order valence-corrected chi connectivity index (χ2v) is 6.57. The number of benzene rings is 1. The van der Waals surface area contributed by atoms with Crippen LogP contribution in [0.3, 0.4) is 0 Å². The van der Waals surface area contributed by atoms with Gasteiger partial charge in [0, 0.05) is 6.54 Å². The number of hydrogen-bond acceptors (Lipinski definition) is 2. The van der Waals surface area contributed by atoms with Crippen LogP contribution in [-0.2, 0) is 0 Å². The largest absolute Gasteiger partial charge is 0.331 e. The Balaban J connectivity index is 1.88. The Hall–Kier alpha value is -1.03. The molecule has 1 saturated heterocycles. The van der Waals surface area contributed by atoms with E-state index < -0.39 is 0 Å². The highest BCUT2D eigenvalue weighted by Crippen LogP contribution is 2.36. The van der Waals surface area contributed by atoms with Crippen LogP contribution in [0.2, 0.25) is 10.0 Å². The molecule has 1 fully saturated rings. The normalized spacial score (nSPS) is 18.5. The summed E-state index contributed by atoms with van der Waals surface area (Å²) in [7, 11) is 0. The van der Waals surface area contributed by atoms with E-state index in [9.17, 15) is 4.79 Å². The number of rotatable bonds is 2. The van der Waals surface area contributed by atoms with Crippen molar-refractivity contribution in [2.45, 2.75) is 18.9 Å². The molecule has 2 aromatic rings. The molecule has 20 heavy (non-hydrogen) atoms. The molecule has 1 aromatic carbocycles. The van der Waals surface area contributed by atoms with Gasteiger partial charge in [-0.15, -0.1) is 11.3 Å². The van der Waals surface area contributed by atoms with Crippen molar-refractivity contribution in [3.05, 3.63) is 56.2 Å². The van der Waals surface area contributed by atoms with Crippen LogP contribution in [-0.4, -0.2) is 17.4 Å². The average Bonchev–Trinajstić information content (AvgIpc) is 3.11. The first-order valence-corrected chi connectivity index (χ1v) is 8.10. The Bertz CT molecular complexity index is 627. The molecule has 3 rings (SSSR count). The molecule has 0 spiro atoms. The molecule has 1 unspecified atom stereocenters. The maximum absolute atomic E-state index is 12.5. The van der Waals surface area contributed by atoms with Crippen molar-refractivity contribution in [3.8, 4) is 0 Å². The molecular formula is C15H13Cl2NOS. The minimum atomic E-state index is 0.0966. The van der Waals surface area contributed by atoms with E-state index in [2.05, 4.69) is 0 Å². The highest BCUT2D eigenvalue weighted by molar-refractivity contribution is 7.12. The molecule has 5 heteroatoms. The molecule has 0 aliphatic carbocycles. The summed E-state index contributed by atoms with van der Waals surface area (Å²) < 4.78 is 0. The first-order chi connectivity index (χ1) is 9.66. The van der Waals surface area contributed by atoms with Crippen LogP contribution in [0.4, 0.5) is 0 Å². The third-order valence-corrected chi connectivity index (χ3v) is 5.17.